The molecule has 0 saturated carbocycles. The highest BCUT2D eigenvalue weighted by atomic mass is 79.9. The smallest absolute Gasteiger partial charge is 0.153 e. The second kappa shape index (κ2) is 5.24. The number of nitrogens with one attached hydrogen (secondary N) is 1. The van der Waals surface area contributed by atoms with Gasteiger partial charge in [-0.05, 0) is 42.4 Å². The molecule has 1 N–H and O–H groups in total. The molecular weight excluding hydrogens is 296 g/mol. The van der Waals surface area contributed by atoms with E-state index in [4.69, 9.17) is 4.42 Å². The van der Waals surface area contributed by atoms with Crippen LogP contribution in [0.4, 0.5) is 0 Å². The first-order chi connectivity index (χ1) is 8.54. The van der Waals surface area contributed by atoms with E-state index in [2.05, 4.69) is 44.5 Å². The molecule has 18 heavy (non-hydrogen) atoms. The Hall–Kier alpha value is -1.14. The third-order valence-corrected chi connectivity index (χ3v) is 3.46. The lowest BCUT2D eigenvalue weighted by molar-refractivity contribution is 0.491. The van der Waals surface area contributed by atoms with Crippen molar-refractivity contribution in [3.63, 3.8) is 0 Å². The van der Waals surface area contributed by atoms with Crippen LogP contribution < -0.4 is 5.32 Å². The van der Waals surface area contributed by atoms with E-state index in [1.54, 1.807) is 4.68 Å². The second-order valence-corrected chi connectivity index (χ2v) is 5.00. The summed E-state index contributed by atoms with van der Waals surface area (Å²) < 4.78 is 8.15. The van der Waals surface area contributed by atoms with Gasteiger partial charge < -0.3 is 9.73 Å². The van der Waals surface area contributed by atoms with Crippen LogP contribution in [-0.2, 0) is 7.05 Å². The molecule has 0 aromatic carbocycles. The maximum absolute atomic E-state index is 5.61. The molecule has 1 unspecified atom stereocenters. The monoisotopic (exact) mass is 312 g/mol. The van der Waals surface area contributed by atoms with Crippen LogP contribution in [0, 0.1) is 13.8 Å². The molecule has 2 heterocycles. The minimum Gasteiger partial charge on any atom is -0.466 e. The Morgan fingerprint density at radius 1 is 1.50 bits per heavy atom. The zero-order chi connectivity index (χ0) is 13.3. The number of hydrogen-bond acceptors (Lipinski definition) is 4. The minimum atomic E-state index is 0.0295. The van der Waals surface area contributed by atoms with Crippen molar-refractivity contribution in [2.24, 2.45) is 7.05 Å². The van der Waals surface area contributed by atoms with Gasteiger partial charge in [-0.3, -0.25) is 0 Å². The molecule has 2 aromatic heterocycles. The first kappa shape index (κ1) is 13.3. The van der Waals surface area contributed by atoms with Crippen LogP contribution in [0.2, 0.25) is 0 Å². The predicted molar refractivity (Wildman–Crippen MR) is 72.4 cm³/mol. The number of halogens is 1. The van der Waals surface area contributed by atoms with Gasteiger partial charge in [-0.2, -0.15) is 0 Å². The standard InChI is InChI=1S/C12H17BrN4O/c1-5-14-10(9-6-7(2)18-8(9)3)11-12(13)15-16-17(11)4/h6,10,14H,5H2,1-4H3. The van der Waals surface area contributed by atoms with Gasteiger partial charge in [0.05, 0.1) is 11.7 Å². The third-order valence-electron chi connectivity index (χ3n) is 2.90. The van der Waals surface area contributed by atoms with Crippen molar-refractivity contribution in [3.8, 4) is 0 Å². The first-order valence-electron chi connectivity index (χ1n) is 5.90. The molecular formula is C12H17BrN4O. The van der Waals surface area contributed by atoms with Gasteiger partial charge in [0, 0.05) is 12.6 Å². The van der Waals surface area contributed by atoms with E-state index in [-0.39, 0.29) is 6.04 Å². The van der Waals surface area contributed by atoms with Gasteiger partial charge in [0.1, 0.15) is 11.5 Å². The van der Waals surface area contributed by atoms with E-state index in [0.717, 1.165) is 33.9 Å². The summed E-state index contributed by atoms with van der Waals surface area (Å²) in [6.07, 6.45) is 0. The van der Waals surface area contributed by atoms with Gasteiger partial charge in [0.25, 0.3) is 0 Å². The van der Waals surface area contributed by atoms with Gasteiger partial charge in [-0.1, -0.05) is 12.1 Å². The average molecular weight is 313 g/mol. The fourth-order valence-corrected chi connectivity index (χ4v) is 2.70. The lowest BCUT2D eigenvalue weighted by Crippen LogP contribution is -2.24. The van der Waals surface area contributed by atoms with Crippen LogP contribution in [0.15, 0.2) is 15.1 Å². The van der Waals surface area contributed by atoms with E-state index in [0.29, 0.717) is 0 Å². The number of furan rings is 1. The molecule has 2 rings (SSSR count). The van der Waals surface area contributed by atoms with E-state index in [1.807, 2.05) is 20.9 Å². The summed E-state index contributed by atoms with van der Waals surface area (Å²) in [4.78, 5) is 0. The molecule has 0 bridgehead atoms. The van der Waals surface area contributed by atoms with Crippen LogP contribution in [0.25, 0.3) is 0 Å². The van der Waals surface area contributed by atoms with Gasteiger partial charge in [-0.25, -0.2) is 4.68 Å². The van der Waals surface area contributed by atoms with E-state index in [9.17, 15) is 0 Å². The molecule has 6 heteroatoms. The average Bonchev–Trinajstić information content (AvgIpc) is 2.80. The number of rotatable bonds is 4. The molecule has 0 radical (unpaired) electrons. The van der Waals surface area contributed by atoms with Crippen LogP contribution >= 0.6 is 15.9 Å². The van der Waals surface area contributed by atoms with Gasteiger partial charge in [0.2, 0.25) is 0 Å². The third kappa shape index (κ3) is 2.35. The maximum atomic E-state index is 5.61. The van der Waals surface area contributed by atoms with Crippen molar-refractivity contribution in [1.29, 1.82) is 0 Å². The number of hydrogen-bond donors (Lipinski definition) is 1. The SMILES string of the molecule is CCNC(c1cc(C)oc1C)c1c(Br)nnn1C. The Labute approximate surface area is 115 Å². The molecule has 0 aliphatic carbocycles. The molecule has 1 atom stereocenters. The Bertz CT molecular complexity index is 527. The Balaban J connectivity index is 2.49. The summed E-state index contributed by atoms with van der Waals surface area (Å²) in [6, 6.07) is 2.09. The zero-order valence-electron chi connectivity index (χ0n) is 11.0. The van der Waals surface area contributed by atoms with Crippen molar-refractivity contribution >= 4 is 15.9 Å². The van der Waals surface area contributed by atoms with Crippen molar-refractivity contribution in [2.45, 2.75) is 26.8 Å². The summed E-state index contributed by atoms with van der Waals surface area (Å²) in [5.41, 5.74) is 2.13. The fourth-order valence-electron chi connectivity index (χ4n) is 2.14. The highest BCUT2D eigenvalue weighted by Gasteiger charge is 2.24. The van der Waals surface area contributed by atoms with Crippen LogP contribution in [0.5, 0.6) is 0 Å². The van der Waals surface area contributed by atoms with Gasteiger partial charge in [0.15, 0.2) is 4.60 Å². The lowest BCUT2D eigenvalue weighted by Gasteiger charge is -2.17. The molecule has 0 aliphatic heterocycles. The number of aryl methyl sites for hydroxylation is 3. The summed E-state index contributed by atoms with van der Waals surface area (Å²) in [7, 11) is 1.89. The first-order valence-corrected chi connectivity index (χ1v) is 6.69. The van der Waals surface area contributed by atoms with Crippen molar-refractivity contribution in [1.82, 2.24) is 20.3 Å². The highest BCUT2D eigenvalue weighted by molar-refractivity contribution is 9.10. The maximum Gasteiger partial charge on any atom is 0.153 e. The summed E-state index contributed by atoms with van der Waals surface area (Å²) in [5, 5.41) is 11.5. The van der Waals surface area contributed by atoms with Gasteiger partial charge in [-0.15, -0.1) is 5.10 Å². The highest BCUT2D eigenvalue weighted by Crippen LogP contribution is 2.30. The minimum absolute atomic E-state index is 0.0295. The summed E-state index contributed by atoms with van der Waals surface area (Å²) in [6.45, 7) is 6.86. The zero-order valence-corrected chi connectivity index (χ0v) is 12.6. The normalized spacial score (nSPS) is 12.9. The summed E-state index contributed by atoms with van der Waals surface area (Å²) in [5.74, 6) is 1.84. The van der Waals surface area contributed by atoms with E-state index >= 15 is 0 Å². The van der Waals surface area contributed by atoms with Crippen LogP contribution in [-0.4, -0.2) is 21.5 Å². The topological polar surface area (TPSA) is 55.9 Å². The Morgan fingerprint density at radius 2 is 2.22 bits per heavy atom. The Kier molecular flexibility index (Phi) is 3.87. The molecule has 0 saturated heterocycles. The molecule has 2 aromatic rings. The lowest BCUT2D eigenvalue weighted by atomic mass is 10.0. The number of aromatic nitrogens is 3. The predicted octanol–water partition coefficient (Wildman–Crippen LogP) is 2.49. The van der Waals surface area contributed by atoms with E-state index in [1.165, 1.54) is 0 Å². The van der Waals surface area contributed by atoms with Crippen molar-refractivity contribution < 1.29 is 4.42 Å². The van der Waals surface area contributed by atoms with Crippen molar-refractivity contribution in [2.75, 3.05) is 6.54 Å². The largest absolute Gasteiger partial charge is 0.466 e. The quantitative estimate of drug-likeness (QED) is 0.942. The fraction of sp³-hybridized carbons (Fsp3) is 0.500. The number of nitrogens with zero attached hydrogens (tertiary/aromatic N) is 3. The molecule has 98 valence electrons. The molecule has 5 nitrogen and oxygen atoms in total. The molecule has 0 spiro atoms. The Morgan fingerprint density at radius 3 is 2.67 bits per heavy atom. The van der Waals surface area contributed by atoms with Gasteiger partial charge >= 0.3 is 0 Å². The van der Waals surface area contributed by atoms with Crippen LogP contribution in [0.1, 0.15) is 35.7 Å². The molecule has 0 fully saturated rings. The second-order valence-electron chi connectivity index (χ2n) is 4.25. The van der Waals surface area contributed by atoms with Crippen molar-refractivity contribution in [3.05, 3.63) is 33.4 Å². The molecule has 0 amide bonds. The molecule has 0 aliphatic rings. The van der Waals surface area contributed by atoms with Crippen LogP contribution in [0.3, 0.4) is 0 Å². The summed E-state index contributed by atoms with van der Waals surface area (Å²) >= 11 is 3.45. The van der Waals surface area contributed by atoms with E-state index < -0.39 is 0 Å².